The Bertz CT molecular complexity index is 416. The van der Waals surface area contributed by atoms with Crippen LogP contribution in [0, 0.1) is 5.92 Å². The van der Waals surface area contributed by atoms with Crippen LogP contribution < -0.4 is 4.90 Å². The zero-order valence-electron chi connectivity index (χ0n) is 8.39. The van der Waals surface area contributed by atoms with Crippen LogP contribution in [0.3, 0.4) is 0 Å². The first kappa shape index (κ1) is 8.77. The molecule has 0 bridgehead atoms. The van der Waals surface area contributed by atoms with Crippen LogP contribution in [0.1, 0.15) is 12.0 Å². The zero-order valence-corrected chi connectivity index (χ0v) is 8.39. The van der Waals surface area contributed by atoms with Crippen molar-refractivity contribution in [2.75, 3.05) is 11.4 Å². The van der Waals surface area contributed by atoms with Gasteiger partial charge in [0.25, 0.3) is 0 Å². The van der Waals surface area contributed by atoms with Crippen molar-refractivity contribution in [1.29, 1.82) is 0 Å². The summed E-state index contributed by atoms with van der Waals surface area (Å²) < 4.78 is 0. The lowest BCUT2D eigenvalue weighted by molar-refractivity contribution is -0.141. The predicted molar refractivity (Wildman–Crippen MR) is 57.0 cm³/mol. The van der Waals surface area contributed by atoms with Gasteiger partial charge < -0.3 is 10.0 Å². The molecule has 0 amide bonds. The van der Waals surface area contributed by atoms with Crippen LogP contribution in [-0.4, -0.2) is 23.7 Å². The number of anilines is 1. The molecule has 1 fully saturated rings. The molecule has 15 heavy (non-hydrogen) atoms. The SMILES string of the molecule is O=C(O)C1CCN2c3ccccc3CC12. The Kier molecular flexibility index (Phi) is 1.75. The number of para-hydroxylation sites is 1. The highest BCUT2D eigenvalue weighted by Crippen LogP contribution is 2.40. The van der Waals surface area contributed by atoms with E-state index in [0.29, 0.717) is 0 Å². The van der Waals surface area contributed by atoms with Crippen molar-refractivity contribution in [3.8, 4) is 0 Å². The van der Waals surface area contributed by atoms with Gasteiger partial charge in [0.05, 0.1) is 5.92 Å². The average Bonchev–Trinajstić information content (AvgIpc) is 2.74. The first-order chi connectivity index (χ1) is 7.27. The van der Waals surface area contributed by atoms with Crippen LogP contribution in [0.15, 0.2) is 24.3 Å². The minimum absolute atomic E-state index is 0.183. The van der Waals surface area contributed by atoms with Crippen molar-refractivity contribution in [2.45, 2.75) is 18.9 Å². The molecule has 1 N–H and O–H groups in total. The van der Waals surface area contributed by atoms with E-state index in [1.54, 1.807) is 0 Å². The van der Waals surface area contributed by atoms with E-state index in [1.165, 1.54) is 11.3 Å². The Labute approximate surface area is 88.3 Å². The summed E-state index contributed by atoms with van der Waals surface area (Å²) in [7, 11) is 0. The van der Waals surface area contributed by atoms with Gasteiger partial charge in [0.1, 0.15) is 0 Å². The lowest BCUT2D eigenvalue weighted by Crippen LogP contribution is -2.32. The fourth-order valence-electron chi connectivity index (χ4n) is 2.88. The van der Waals surface area contributed by atoms with Gasteiger partial charge in [-0.15, -0.1) is 0 Å². The van der Waals surface area contributed by atoms with Gasteiger partial charge in [0, 0.05) is 18.3 Å². The van der Waals surface area contributed by atoms with Crippen LogP contribution in [-0.2, 0) is 11.2 Å². The Morgan fingerprint density at radius 3 is 3.00 bits per heavy atom. The smallest absolute Gasteiger partial charge is 0.308 e. The maximum absolute atomic E-state index is 11.1. The van der Waals surface area contributed by atoms with Gasteiger partial charge in [0.2, 0.25) is 0 Å². The molecular weight excluding hydrogens is 190 g/mol. The molecule has 0 spiro atoms. The standard InChI is InChI=1S/C12H13NO2/c14-12(15)9-5-6-13-10-4-2-1-3-8(10)7-11(9)13/h1-4,9,11H,5-7H2,(H,14,15). The molecule has 1 aromatic carbocycles. The zero-order chi connectivity index (χ0) is 10.4. The lowest BCUT2D eigenvalue weighted by atomic mass is 9.97. The number of hydrogen-bond donors (Lipinski definition) is 1. The third kappa shape index (κ3) is 1.16. The van der Waals surface area contributed by atoms with E-state index in [-0.39, 0.29) is 12.0 Å². The van der Waals surface area contributed by atoms with Crippen LogP contribution in [0.2, 0.25) is 0 Å². The molecule has 1 saturated heterocycles. The molecule has 3 heteroatoms. The highest BCUT2D eigenvalue weighted by atomic mass is 16.4. The van der Waals surface area contributed by atoms with Crippen LogP contribution >= 0.6 is 0 Å². The Hall–Kier alpha value is -1.51. The summed E-state index contributed by atoms with van der Waals surface area (Å²) in [6.45, 7) is 0.888. The third-order valence-electron chi connectivity index (χ3n) is 3.59. The molecule has 2 aliphatic heterocycles. The maximum Gasteiger partial charge on any atom is 0.308 e. The van der Waals surface area contributed by atoms with Gasteiger partial charge in [-0.25, -0.2) is 0 Å². The van der Waals surface area contributed by atoms with Crippen LogP contribution in [0.25, 0.3) is 0 Å². The van der Waals surface area contributed by atoms with Gasteiger partial charge in [0.15, 0.2) is 0 Å². The minimum atomic E-state index is -0.643. The van der Waals surface area contributed by atoms with Gasteiger partial charge in [-0.1, -0.05) is 18.2 Å². The molecule has 2 heterocycles. The Morgan fingerprint density at radius 2 is 2.20 bits per heavy atom. The van der Waals surface area contributed by atoms with E-state index >= 15 is 0 Å². The molecule has 0 aliphatic carbocycles. The first-order valence-electron chi connectivity index (χ1n) is 5.35. The number of rotatable bonds is 1. The van der Waals surface area contributed by atoms with Crippen molar-refractivity contribution in [1.82, 2.24) is 0 Å². The van der Waals surface area contributed by atoms with Crippen molar-refractivity contribution in [3.05, 3.63) is 29.8 Å². The number of aliphatic carboxylic acids is 1. The second-order valence-electron chi connectivity index (χ2n) is 4.33. The summed E-state index contributed by atoms with van der Waals surface area (Å²) in [4.78, 5) is 13.3. The highest BCUT2D eigenvalue weighted by Gasteiger charge is 2.43. The number of benzene rings is 1. The molecule has 0 aromatic heterocycles. The molecular formula is C12H13NO2. The van der Waals surface area contributed by atoms with Crippen molar-refractivity contribution < 1.29 is 9.90 Å². The van der Waals surface area contributed by atoms with E-state index in [0.717, 1.165) is 19.4 Å². The number of hydrogen-bond acceptors (Lipinski definition) is 2. The summed E-state index contributed by atoms with van der Waals surface area (Å²) >= 11 is 0. The molecule has 0 radical (unpaired) electrons. The summed E-state index contributed by atoms with van der Waals surface area (Å²) in [6.07, 6.45) is 1.68. The molecule has 0 saturated carbocycles. The van der Waals surface area contributed by atoms with E-state index in [9.17, 15) is 4.79 Å². The molecule has 2 atom stereocenters. The largest absolute Gasteiger partial charge is 0.481 e. The van der Waals surface area contributed by atoms with E-state index in [2.05, 4.69) is 17.0 Å². The van der Waals surface area contributed by atoms with E-state index in [1.807, 2.05) is 12.1 Å². The molecule has 3 rings (SSSR count). The molecule has 2 aliphatic rings. The minimum Gasteiger partial charge on any atom is -0.481 e. The second-order valence-corrected chi connectivity index (χ2v) is 4.33. The average molecular weight is 203 g/mol. The summed E-state index contributed by atoms with van der Waals surface area (Å²) in [5.41, 5.74) is 2.54. The fourth-order valence-corrected chi connectivity index (χ4v) is 2.88. The lowest BCUT2D eigenvalue weighted by Gasteiger charge is -2.20. The first-order valence-corrected chi connectivity index (χ1v) is 5.35. The van der Waals surface area contributed by atoms with E-state index < -0.39 is 5.97 Å². The molecule has 78 valence electrons. The van der Waals surface area contributed by atoms with E-state index in [4.69, 9.17) is 5.11 Å². The van der Waals surface area contributed by atoms with Crippen molar-refractivity contribution in [3.63, 3.8) is 0 Å². The normalized spacial score (nSPS) is 27.6. The summed E-state index contributed by atoms with van der Waals surface area (Å²) in [6, 6.07) is 8.44. The van der Waals surface area contributed by atoms with Gasteiger partial charge in [-0.3, -0.25) is 4.79 Å². The molecule has 2 unspecified atom stereocenters. The number of nitrogens with zero attached hydrogens (tertiary/aromatic N) is 1. The second kappa shape index (κ2) is 2.99. The number of carboxylic acids is 1. The third-order valence-corrected chi connectivity index (χ3v) is 3.59. The summed E-state index contributed by atoms with van der Waals surface area (Å²) in [5, 5.41) is 9.11. The van der Waals surface area contributed by atoms with Crippen LogP contribution in [0.5, 0.6) is 0 Å². The van der Waals surface area contributed by atoms with Gasteiger partial charge >= 0.3 is 5.97 Å². The molecule has 3 nitrogen and oxygen atoms in total. The molecule has 1 aromatic rings. The number of carboxylic acid groups (broad SMARTS) is 1. The Morgan fingerprint density at radius 1 is 1.40 bits per heavy atom. The van der Waals surface area contributed by atoms with Gasteiger partial charge in [-0.05, 0) is 24.5 Å². The monoisotopic (exact) mass is 203 g/mol. The highest BCUT2D eigenvalue weighted by molar-refractivity contribution is 5.75. The Balaban J connectivity index is 1.97. The maximum atomic E-state index is 11.1. The van der Waals surface area contributed by atoms with Crippen LogP contribution in [0.4, 0.5) is 5.69 Å². The topological polar surface area (TPSA) is 40.5 Å². The quantitative estimate of drug-likeness (QED) is 0.752. The summed E-state index contributed by atoms with van der Waals surface area (Å²) in [5.74, 6) is -0.826. The predicted octanol–water partition coefficient (Wildman–Crippen LogP) is 1.52. The van der Waals surface area contributed by atoms with Gasteiger partial charge in [-0.2, -0.15) is 0 Å². The van der Waals surface area contributed by atoms with Crippen molar-refractivity contribution >= 4 is 11.7 Å². The number of carbonyl (C=O) groups is 1. The van der Waals surface area contributed by atoms with Crippen molar-refractivity contribution in [2.24, 2.45) is 5.92 Å². The number of fused-ring (bicyclic) bond motifs is 3. The fraction of sp³-hybridized carbons (Fsp3) is 0.417.